The third-order valence-electron chi connectivity index (χ3n) is 4.44. The molecule has 2 aromatic rings. The topological polar surface area (TPSA) is 114 Å². The second-order valence-corrected chi connectivity index (χ2v) is 8.01. The van der Waals surface area contributed by atoms with Gasteiger partial charge in [-0.05, 0) is 65.4 Å². The number of halogens is 1. The van der Waals surface area contributed by atoms with Gasteiger partial charge in [-0.3, -0.25) is 9.59 Å². The van der Waals surface area contributed by atoms with Gasteiger partial charge in [0.25, 0.3) is 5.91 Å². The van der Waals surface area contributed by atoms with Gasteiger partial charge in [-0.15, -0.1) is 0 Å². The van der Waals surface area contributed by atoms with Crippen LogP contribution in [0.1, 0.15) is 11.1 Å². The van der Waals surface area contributed by atoms with Crippen molar-refractivity contribution in [2.45, 2.75) is 6.92 Å². The normalized spacial score (nSPS) is 14.3. The Kier molecular flexibility index (Phi) is 7.46. The molecule has 0 aliphatic carbocycles. The van der Waals surface area contributed by atoms with Crippen LogP contribution in [0.4, 0.5) is 10.5 Å². The molecule has 0 unspecified atom stereocenters. The van der Waals surface area contributed by atoms with Crippen molar-refractivity contribution in [2.75, 3.05) is 25.6 Å². The quantitative estimate of drug-likeness (QED) is 0.238. The zero-order valence-corrected chi connectivity index (χ0v) is 19.5. The molecule has 1 heterocycles. The zero-order chi connectivity index (χ0) is 23.3. The molecule has 2 aromatic carbocycles. The van der Waals surface area contributed by atoms with E-state index in [1.54, 1.807) is 30.3 Å². The van der Waals surface area contributed by atoms with Crippen LogP contribution in [0.15, 0.2) is 48.2 Å². The molecule has 1 aliphatic heterocycles. The van der Waals surface area contributed by atoms with E-state index in [0.29, 0.717) is 20.6 Å². The van der Waals surface area contributed by atoms with Crippen molar-refractivity contribution in [1.29, 1.82) is 0 Å². The number of nitrogens with zero attached hydrogens (tertiary/aromatic N) is 1. The number of urea groups is 1. The smallest absolute Gasteiger partial charge is 0.343 e. The molecule has 1 saturated heterocycles. The first-order chi connectivity index (χ1) is 15.3. The van der Waals surface area contributed by atoms with Crippen LogP contribution in [0.25, 0.3) is 6.08 Å². The highest BCUT2D eigenvalue weighted by atomic mass is 127. The van der Waals surface area contributed by atoms with Crippen molar-refractivity contribution in [3.63, 3.8) is 0 Å². The Morgan fingerprint density at radius 1 is 1.16 bits per heavy atom. The fourth-order valence-electron chi connectivity index (χ4n) is 2.78. The lowest BCUT2D eigenvalue weighted by Gasteiger charge is -2.12. The second kappa shape index (κ2) is 10.3. The lowest BCUT2D eigenvalue weighted by Crippen LogP contribution is -2.38. The van der Waals surface area contributed by atoms with Gasteiger partial charge in [0.2, 0.25) is 5.91 Å². The Bertz CT molecular complexity index is 1100. The summed E-state index contributed by atoms with van der Waals surface area (Å²) in [5.74, 6) is -1.11. The van der Waals surface area contributed by atoms with Crippen LogP contribution in [0.5, 0.6) is 5.75 Å². The third-order valence-corrected chi connectivity index (χ3v) is 5.28. The minimum Gasteiger partial charge on any atom is -0.481 e. The molecule has 2 N–H and O–H groups in total. The van der Waals surface area contributed by atoms with E-state index >= 15 is 0 Å². The molecular weight excluding hydrogens is 529 g/mol. The number of benzene rings is 2. The first-order valence-corrected chi connectivity index (χ1v) is 10.5. The Labute approximate surface area is 197 Å². The number of ether oxygens (including phenoxy) is 2. The predicted molar refractivity (Wildman–Crippen MR) is 125 cm³/mol. The molecule has 0 radical (unpaired) electrons. The molecule has 3 rings (SSSR count). The monoisotopic (exact) mass is 549 g/mol. The minimum absolute atomic E-state index is 0.0529. The van der Waals surface area contributed by atoms with Gasteiger partial charge in [0.05, 0.1) is 10.7 Å². The summed E-state index contributed by atoms with van der Waals surface area (Å²) in [6, 6.07) is 11.5. The van der Waals surface area contributed by atoms with E-state index in [9.17, 15) is 19.2 Å². The molecule has 0 aromatic heterocycles. The Balaban J connectivity index is 1.65. The lowest BCUT2D eigenvalue weighted by molar-refractivity contribution is -0.143. The van der Waals surface area contributed by atoms with Crippen LogP contribution in [0.2, 0.25) is 0 Å². The van der Waals surface area contributed by atoms with Gasteiger partial charge in [0, 0.05) is 5.69 Å². The molecule has 0 atom stereocenters. The highest BCUT2D eigenvalue weighted by molar-refractivity contribution is 14.1. The van der Waals surface area contributed by atoms with Crippen LogP contribution in [-0.4, -0.2) is 49.0 Å². The standard InChI is InChI=1S/C22H20IN3O6/c1-13-3-6-15(7-4-13)24-19(27)11-26-21(29)17(25-22(26)30)10-14-5-8-18(16(23)9-14)32-12-20(28)31-2/h3-10H,11-12H2,1-2H3,(H,24,27)(H,25,30)/b17-10+. The number of nitrogens with one attached hydrogen (secondary N) is 2. The fraction of sp³-hybridized carbons (Fsp3) is 0.182. The van der Waals surface area contributed by atoms with Gasteiger partial charge in [0.15, 0.2) is 6.61 Å². The van der Waals surface area contributed by atoms with Crippen LogP contribution in [-0.2, 0) is 19.1 Å². The summed E-state index contributed by atoms with van der Waals surface area (Å²) in [7, 11) is 1.27. The summed E-state index contributed by atoms with van der Waals surface area (Å²) in [5.41, 5.74) is 2.31. The van der Waals surface area contributed by atoms with Gasteiger partial charge in [-0.1, -0.05) is 23.8 Å². The molecular formula is C22H20IN3O6. The van der Waals surface area contributed by atoms with Gasteiger partial charge in [-0.25, -0.2) is 14.5 Å². The van der Waals surface area contributed by atoms with E-state index in [0.717, 1.165) is 10.5 Å². The molecule has 0 saturated carbocycles. The van der Waals surface area contributed by atoms with Crippen LogP contribution < -0.4 is 15.4 Å². The number of aryl methyl sites for hydroxylation is 1. The Hall–Kier alpha value is -3.41. The van der Waals surface area contributed by atoms with Crippen molar-refractivity contribution >= 4 is 58.2 Å². The van der Waals surface area contributed by atoms with Gasteiger partial charge < -0.3 is 20.1 Å². The van der Waals surface area contributed by atoms with Crippen LogP contribution in [0, 0.1) is 10.5 Å². The molecule has 1 fully saturated rings. The largest absolute Gasteiger partial charge is 0.481 e. The van der Waals surface area contributed by atoms with Crippen molar-refractivity contribution < 1.29 is 28.7 Å². The number of esters is 1. The first kappa shape index (κ1) is 23.3. The third kappa shape index (κ3) is 5.84. The highest BCUT2D eigenvalue weighted by Gasteiger charge is 2.34. The maximum atomic E-state index is 12.6. The van der Waals surface area contributed by atoms with E-state index in [4.69, 9.17) is 4.74 Å². The lowest BCUT2D eigenvalue weighted by atomic mass is 10.2. The van der Waals surface area contributed by atoms with E-state index in [-0.39, 0.29) is 12.3 Å². The minimum atomic E-state index is -0.673. The average molecular weight is 549 g/mol. The molecule has 9 nitrogen and oxygen atoms in total. The van der Waals surface area contributed by atoms with Gasteiger partial charge >= 0.3 is 12.0 Å². The fourth-order valence-corrected chi connectivity index (χ4v) is 3.48. The van der Waals surface area contributed by atoms with Crippen LogP contribution >= 0.6 is 22.6 Å². The first-order valence-electron chi connectivity index (χ1n) is 9.47. The van der Waals surface area contributed by atoms with Crippen molar-refractivity contribution in [2.24, 2.45) is 0 Å². The number of hydrogen-bond acceptors (Lipinski definition) is 6. The Morgan fingerprint density at radius 3 is 2.53 bits per heavy atom. The van der Waals surface area contributed by atoms with Crippen molar-refractivity contribution in [3.05, 3.63) is 62.9 Å². The molecule has 32 heavy (non-hydrogen) atoms. The maximum Gasteiger partial charge on any atom is 0.343 e. The number of rotatable bonds is 7. The number of anilines is 1. The molecule has 1 aliphatic rings. The van der Waals surface area contributed by atoms with Crippen molar-refractivity contribution in [3.8, 4) is 5.75 Å². The van der Waals surface area contributed by atoms with Gasteiger partial charge in [-0.2, -0.15) is 0 Å². The van der Waals surface area contributed by atoms with E-state index < -0.39 is 30.4 Å². The molecule has 10 heteroatoms. The summed E-state index contributed by atoms with van der Waals surface area (Å²) in [6.07, 6.45) is 1.50. The molecule has 4 amide bonds. The number of amides is 4. The zero-order valence-electron chi connectivity index (χ0n) is 17.3. The number of carbonyl (C=O) groups is 4. The van der Waals surface area contributed by atoms with Gasteiger partial charge in [0.1, 0.15) is 18.0 Å². The van der Waals surface area contributed by atoms with E-state index in [1.165, 1.54) is 13.2 Å². The van der Waals surface area contributed by atoms with E-state index in [1.807, 2.05) is 41.6 Å². The predicted octanol–water partition coefficient (Wildman–Crippen LogP) is 2.68. The molecule has 0 bridgehead atoms. The van der Waals surface area contributed by atoms with E-state index in [2.05, 4.69) is 15.4 Å². The number of methoxy groups -OCH3 is 1. The number of imide groups is 1. The maximum absolute atomic E-state index is 12.6. The average Bonchev–Trinajstić information content (AvgIpc) is 3.01. The summed E-state index contributed by atoms with van der Waals surface area (Å²) in [4.78, 5) is 49.2. The summed E-state index contributed by atoms with van der Waals surface area (Å²) in [5, 5.41) is 5.14. The van der Waals surface area contributed by atoms with Crippen molar-refractivity contribution in [1.82, 2.24) is 10.2 Å². The second-order valence-electron chi connectivity index (χ2n) is 6.85. The summed E-state index contributed by atoms with van der Waals surface area (Å²) >= 11 is 2.03. The Morgan fingerprint density at radius 2 is 1.88 bits per heavy atom. The number of hydrogen-bond donors (Lipinski definition) is 2. The summed E-state index contributed by atoms with van der Waals surface area (Å²) in [6.45, 7) is 1.30. The highest BCUT2D eigenvalue weighted by Crippen LogP contribution is 2.24. The molecule has 166 valence electrons. The molecule has 0 spiro atoms. The van der Waals surface area contributed by atoms with Crippen LogP contribution in [0.3, 0.4) is 0 Å². The summed E-state index contributed by atoms with van der Waals surface area (Å²) < 4.78 is 10.6. The SMILES string of the molecule is COC(=O)COc1ccc(/C=C2/NC(=O)N(CC(=O)Nc3ccc(C)cc3)C2=O)cc1I. The number of carbonyl (C=O) groups excluding carboxylic acids is 4.